The Balaban J connectivity index is 1.86. The molecule has 1 aromatic rings. The van der Waals surface area contributed by atoms with Crippen molar-refractivity contribution >= 4 is 5.91 Å². The molecule has 1 amide bonds. The van der Waals surface area contributed by atoms with Crippen molar-refractivity contribution < 1.29 is 14.3 Å². The minimum atomic E-state index is 0.0550. The normalized spacial score (nSPS) is 16.3. The zero-order valence-electron chi connectivity index (χ0n) is 13.7. The van der Waals surface area contributed by atoms with Gasteiger partial charge in [-0.15, -0.1) is 0 Å². The lowest BCUT2D eigenvalue weighted by atomic mass is 9.99. The van der Waals surface area contributed by atoms with Crippen LogP contribution in [0.1, 0.15) is 25.3 Å². The minimum Gasteiger partial charge on any atom is -0.493 e. The molecule has 1 saturated heterocycles. The molecule has 0 radical (unpaired) electrons. The minimum absolute atomic E-state index is 0.0550. The standard InChI is InChI=1S/C17H26N2O3/c1-13-7-9-19(10-8-13)12-16(20)18-11-14-5-4-6-15(21-2)17(14)22-3/h4-6,13H,7-12H2,1-3H3,(H,18,20). The molecule has 1 aliphatic rings. The van der Waals surface area contributed by atoms with Gasteiger partial charge in [0.15, 0.2) is 11.5 Å². The molecule has 122 valence electrons. The molecule has 1 N–H and O–H groups in total. The Morgan fingerprint density at radius 2 is 2.00 bits per heavy atom. The van der Waals surface area contributed by atoms with E-state index in [0.717, 1.165) is 24.6 Å². The number of ether oxygens (including phenoxy) is 2. The van der Waals surface area contributed by atoms with Gasteiger partial charge in [-0.1, -0.05) is 19.1 Å². The summed E-state index contributed by atoms with van der Waals surface area (Å²) in [5, 5.41) is 2.97. The highest BCUT2D eigenvalue weighted by atomic mass is 16.5. The number of nitrogens with zero attached hydrogens (tertiary/aromatic N) is 1. The molecule has 0 saturated carbocycles. The molecule has 1 fully saturated rings. The third-order valence-electron chi connectivity index (χ3n) is 4.20. The van der Waals surface area contributed by atoms with Gasteiger partial charge in [-0.25, -0.2) is 0 Å². The number of para-hydroxylation sites is 1. The van der Waals surface area contributed by atoms with Gasteiger partial charge in [0.25, 0.3) is 0 Å². The van der Waals surface area contributed by atoms with Crippen molar-refractivity contribution in [2.24, 2.45) is 5.92 Å². The summed E-state index contributed by atoms with van der Waals surface area (Å²) < 4.78 is 10.6. The zero-order chi connectivity index (χ0) is 15.9. The fourth-order valence-corrected chi connectivity index (χ4v) is 2.77. The molecule has 2 rings (SSSR count). The summed E-state index contributed by atoms with van der Waals surface area (Å²) in [4.78, 5) is 14.3. The summed E-state index contributed by atoms with van der Waals surface area (Å²) in [6, 6.07) is 5.68. The van der Waals surface area contributed by atoms with E-state index < -0.39 is 0 Å². The van der Waals surface area contributed by atoms with Gasteiger partial charge >= 0.3 is 0 Å². The van der Waals surface area contributed by atoms with Gasteiger partial charge in [-0.3, -0.25) is 9.69 Å². The second-order valence-corrected chi connectivity index (χ2v) is 5.89. The first-order valence-electron chi connectivity index (χ1n) is 7.83. The van der Waals surface area contributed by atoms with Crippen LogP contribution >= 0.6 is 0 Å². The van der Waals surface area contributed by atoms with Crippen LogP contribution in [0.25, 0.3) is 0 Å². The molecule has 0 unspecified atom stereocenters. The van der Waals surface area contributed by atoms with Crippen LogP contribution in [0.5, 0.6) is 11.5 Å². The maximum Gasteiger partial charge on any atom is 0.234 e. The number of rotatable bonds is 6. The average molecular weight is 306 g/mol. The summed E-state index contributed by atoms with van der Waals surface area (Å²) in [5.41, 5.74) is 0.919. The third kappa shape index (κ3) is 4.37. The SMILES string of the molecule is COc1cccc(CNC(=O)CN2CCC(C)CC2)c1OC. The zero-order valence-corrected chi connectivity index (χ0v) is 13.7. The highest BCUT2D eigenvalue weighted by Gasteiger charge is 2.18. The fourth-order valence-electron chi connectivity index (χ4n) is 2.77. The smallest absolute Gasteiger partial charge is 0.234 e. The Labute approximate surface area is 132 Å². The topological polar surface area (TPSA) is 50.8 Å². The summed E-state index contributed by atoms with van der Waals surface area (Å²) in [5.74, 6) is 2.19. The molecule has 22 heavy (non-hydrogen) atoms. The van der Waals surface area contributed by atoms with Crippen LogP contribution in [0, 0.1) is 5.92 Å². The van der Waals surface area contributed by atoms with Gasteiger partial charge in [0.1, 0.15) is 0 Å². The molecule has 1 aromatic carbocycles. The molecule has 1 heterocycles. The number of hydrogen-bond donors (Lipinski definition) is 1. The van der Waals surface area contributed by atoms with Crippen LogP contribution in [0.3, 0.4) is 0 Å². The van der Waals surface area contributed by atoms with E-state index in [9.17, 15) is 4.79 Å². The number of carbonyl (C=O) groups is 1. The first-order valence-corrected chi connectivity index (χ1v) is 7.83. The van der Waals surface area contributed by atoms with Crippen LogP contribution in [-0.2, 0) is 11.3 Å². The van der Waals surface area contributed by atoms with Gasteiger partial charge in [-0.2, -0.15) is 0 Å². The largest absolute Gasteiger partial charge is 0.493 e. The van der Waals surface area contributed by atoms with Gasteiger partial charge in [0.2, 0.25) is 5.91 Å². The van der Waals surface area contributed by atoms with Crippen LogP contribution in [-0.4, -0.2) is 44.7 Å². The van der Waals surface area contributed by atoms with E-state index in [1.54, 1.807) is 14.2 Å². The fraction of sp³-hybridized carbons (Fsp3) is 0.588. The Morgan fingerprint density at radius 3 is 2.64 bits per heavy atom. The first-order chi connectivity index (χ1) is 10.6. The van der Waals surface area contributed by atoms with E-state index in [1.807, 2.05) is 18.2 Å². The number of methoxy groups -OCH3 is 2. The number of carbonyl (C=O) groups excluding carboxylic acids is 1. The van der Waals surface area contributed by atoms with Crippen molar-refractivity contribution in [3.05, 3.63) is 23.8 Å². The lowest BCUT2D eigenvalue weighted by molar-refractivity contribution is -0.122. The molecular weight excluding hydrogens is 280 g/mol. The number of amides is 1. The van der Waals surface area contributed by atoms with E-state index in [0.29, 0.717) is 24.6 Å². The Hall–Kier alpha value is -1.75. The molecule has 0 aliphatic carbocycles. The van der Waals surface area contributed by atoms with Crippen molar-refractivity contribution in [1.29, 1.82) is 0 Å². The summed E-state index contributed by atoms with van der Waals surface area (Å²) in [6.45, 7) is 5.21. The van der Waals surface area contributed by atoms with Crippen molar-refractivity contribution in [1.82, 2.24) is 10.2 Å². The number of benzene rings is 1. The summed E-state index contributed by atoms with van der Waals surface area (Å²) >= 11 is 0. The van der Waals surface area contributed by atoms with Crippen LogP contribution in [0.2, 0.25) is 0 Å². The van der Waals surface area contributed by atoms with E-state index in [-0.39, 0.29) is 5.91 Å². The molecule has 5 heteroatoms. The van der Waals surface area contributed by atoms with Gasteiger partial charge in [-0.05, 0) is 37.9 Å². The lowest BCUT2D eigenvalue weighted by Crippen LogP contribution is -2.41. The Bertz CT molecular complexity index is 497. The van der Waals surface area contributed by atoms with Gasteiger partial charge in [0.05, 0.1) is 20.8 Å². The molecule has 1 aliphatic heterocycles. The number of piperidine rings is 1. The summed E-state index contributed by atoms with van der Waals surface area (Å²) in [7, 11) is 3.22. The molecule has 0 aromatic heterocycles. The first kappa shape index (κ1) is 16.6. The maximum absolute atomic E-state index is 12.1. The van der Waals surface area contributed by atoms with Crippen molar-refractivity contribution in [3.8, 4) is 11.5 Å². The van der Waals surface area contributed by atoms with Gasteiger partial charge < -0.3 is 14.8 Å². The van der Waals surface area contributed by atoms with Crippen LogP contribution < -0.4 is 14.8 Å². The predicted molar refractivity (Wildman–Crippen MR) is 86.2 cm³/mol. The molecule has 5 nitrogen and oxygen atoms in total. The van der Waals surface area contributed by atoms with E-state index in [1.165, 1.54) is 12.8 Å². The van der Waals surface area contributed by atoms with E-state index in [4.69, 9.17) is 9.47 Å². The van der Waals surface area contributed by atoms with Crippen LogP contribution in [0.4, 0.5) is 0 Å². The third-order valence-corrected chi connectivity index (χ3v) is 4.20. The van der Waals surface area contributed by atoms with E-state index >= 15 is 0 Å². The number of hydrogen-bond acceptors (Lipinski definition) is 4. The number of nitrogens with one attached hydrogen (secondary N) is 1. The highest BCUT2D eigenvalue weighted by molar-refractivity contribution is 5.78. The molecular formula is C17H26N2O3. The maximum atomic E-state index is 12.1. The van der Waals surface area contributed by atoms with Crippen molar-refractivity contribution in [3.63, 3.8) is 0 Å². The Morgan fingerprint density at radius 1 is 1.27 bits per heavy atom. The van der Waals surface area contributed by atoms with Gasteiger partial charge in [0, 0.05) is 12.1 Å². The monoisotopic (exact) mass is 306 g/mol. The van der Waals surface area contributed by atoms with E-state index in [2.05, 4.69) is 17.1 Å². The molecule has 0 spiro atoms. The summed E-state index contributed by atoms with van der Waals surface area (Å²) in [6.07, 6.45) is 2.36. The van der Waals surface area contributed by atoms with Crippen LogP contribution in [0.15, 0.2) is 18.2 Å². The molecule has 0 bridgehead atoms. The molecule has 0 atom stereocenters. The van der Waals surface area contributed by atoms with Crippen molar-refractivity contribution in [2.75, 3.05) is 33.9 Å². The van der Waals surface area contributed by atoms with Crippen molar-refractivity contribution in [2.45, 2.75) is 26.3 Å². The Kier molecular flexibility index (Phi) is 6.07. The second-order valence-electron chi connectivity index (χ2n) is 5.89. The number of likely N-dealkylation sites (tertiary alicyclic amines) is 1. The lowest BCUT2D eigenvalue weighted by Gasteiger charge is -2.29. The second kappa shape index (κ2) is 8.03. The quantitative estimate of drug-likeness (QED) is 0.874. The predicted octanol–water partition coefficient (Wildman–Crippen LogP) is 2.05. The highest BCUT2D eigenvalue weighted by Crippen LogP contribution is 2.30. The average Bonchev–Trinajstić information content (AvgIpc) is 2.54.